The van der Waals surface area contributed by atoms with E-state index in [1.54, 1.807) is 11.1 Å². The summed E-state index contributed by atoms with van der Waals surface area (Å²) in [5, 5.41) is 7.92. The Labute approximate surface area is 222 Å². The van der Waals surface area contributed by atoms with Gasteiger partial charge in [-0.05, 0) is 135 Å². The van der Waals surface area contributed by atoms with Crippen molar-refractivity contribution in [1.29, 1.82) is 0 Å². The first-order valence-electron chi connectivity index (χ1n) is 14.8. The van der Waals surface area contributed by atoms with Gasteiger partial charge >= 0.3 is 0 Å². The first kappa shape index (κ1) is 24.3. The number of hydrogen-bond donors (Lipinski definition) is 2. The molecule has 6 unspecified atom stereocenters. The van der Waals surface area contributed by atoms with Crippen LogP contribution in [0.5, 0.6) is 0 Å². The normalized spacial score (nSPS) is 38.0. The second kappa shape index (κ2) is 10.1. The van der Waals surface area contributed by atoms with E-state index in [1.165, 1.54) is 94.3 Å². The summed E-state index contributed by atoms with van der Waals surface area (Å²) in [6.45, 7) is 2.44. The molecule has 0 aromatic heterocycles. The van der Waals surface area contributed by atoms with Crippen LogP contribution in [0.2, 0.25) is 0 Å². The van der Waals surface area contributed by atoms with Crippen LogP contribution in [0.4, 0.5) is 0 Å². The molecule has 2 saturated heterocycles. The minimum absolute atomic E-state index is 0.124. The molecule has 4 heteroatoms. The summed E-state index contributed by atoms with van der Waals surface area (Å²) in [5.41, 5.74) is 6.72. The molecule has 0 amide bonds. The predicted octanol–water partition coefficient (Wildman–Crippen LogP) is 7.32. The monoisotopic (exact) mass is 518 g/mol. The van der Waals surface area contributed by atoms with Crippen molar-refractivity contribution < 1.29 is 0 Å². The van der Waals surface area contributed by atoms with Gasteiger partial charge in [-0.25, -0.2) is 0 Å². The Balaban J connectivity index is 1.33. The van der Waals surface area contributed by atoms with E-state index in [0.29, 0.717) is 5.41 Å². The lowest BCUT2D eigenvalue weighted by atomic mass is 9.43. The van der Waals surface area contributed by atoms with Crippen molar-refractivity contribution >= 4 is 17.2 Å². The van der Waals surface area contributed by atoms with Gasteiger partial charge in [-0.2, -0.15) is 0 Å². The minimum Gasteiger partial charge on any atom is -0.310 e. The van der Waals surface area contributed by atoms with Crippen molar-refractivity contribution in [3.05, 3.63) is 59.7 Å². The summed E-state index contributed by atoms with van der Waals surface area (Å²) in [7, 11) is 3.07. The average molecular weight is 519 g/mol. The van der Waals surface area contributed by atoms with Gasteiger partial charge in [0.25, 0.3) is 0 Å². The predicted molar refractivity (Wildman–Crippen MR) is 158 cm³/mol. The zero-order chi connectivity index (χ0) is 24.1. The van der Waals surface area contributed by atoms with Crippen LogP contribution >= 0.6 is 17.2 Å². The molecule has 4 saturated carbocycles. The lowest BCUT2D eigenvalue weighted by molar-refractivity contribution is -0.0520. The maximum Gasteiger partial charge on any atom is 0.0286 e. The van der Waals surface area contributed by atoms with Gasteiger partial charge < -0.3 is 10.6 Å². The second-order valence-electron chi connectivity index (χ2n) is 12.7. The Bertz CT molecular complexity index is 1030. The Kier molecular flexibility index (Phi) is 6.79. The van der Waals surface area contributed by atoms with Gasteiger partial charge in [0.2, 0.25) is 0 Å². The molecule has 2 aromatic rings. The average Bonchev–Trinajstić information content (AvgIpc) is 3.62. The van der Waals surface area contributed by atoms with Crippen LogP contribution in [-0.4, -0.2) is 30.8 Å². The highest BCUT2D eigenvalue weighted by molar-refractivity contribution is 7.58. The first-order valence-corrected chi connectivity index (χ1v) is 17.3. The lowest BCUT2D eigenvalue weighted by Crippen LogP contribution is -2.56. The summed E-state index contributed by atoms with van der Waals surface area (Å²) < 4.78 is 0. The van der Waals surface area contributed by atoms with E-state index in [0.717, 1.165) is 35.2 Å². The SMILES string of the molecule is PCC1C2CC3CC(C2)CC1(c1ccc(-c2ccccc2)cc1CP(C1CCCN1)C1CCCN1)C3. The fourth-order valence-electron chi connectivity index (χ4n) is 9.54. The molecule has 6 aliphatic rings. The zero-order valence-electron chi connectivity index (χ0n) is 21.8. The molecule has 4 bridgehead atoms. The summed E-state index contributed by atoms with van der Waals surface area (Å²) in [6, 6.07) is 18.9. The first-order chi connectivity index (χ1) is 17.7. The van der Waals surface area contributed by atoms with Crippen LogP contribution in [0.25, 0.3) is 11.1 Å². The lowest BCUT2D eigenvalue weighted by Gasteiger charge is -2.62. The van der Waals surface area contributed by atoms with E-state index in [-0.39, 0.29) is 7.92 Å². The smallest absolute Gasteiger partial charge is 0.0286 e. The molecule has 4 aliphatic carbocycles. The largest absolute Gasteiger partial charge is 0.310 e. The van der Waals surface area contributed by atoms with Crippen LogP contribution in [0.3, 0.4) is 0 Å². The van der Waals surface area contributed by atoms with Crippen LogP contribution in [0.15, 0.2) is 48.5 Å². The van der Waals surface area contributed by atoms with Crippen molar-refractivity contribution in [1.82, 2.24) is 10.6 Å². The Morgan fingerprint density at radius 1 is 0.833 bits per heavy atom. The Hall–Kier alpha value is -0.780. The van der Waals surface area contributed by atoms with Gasteiger partial charge in [-0.1, -0.05) is 56.5 Å². The van der Waals surface area contributed by atoms with Gasteiger partial charge in [0, 0.05) is 11.6 Å². The third-order valence-corrected chi connectivity index (χ3v) is 14.4. The molecule has 2 aromatic carbocycles. The van der Waals surface area contributed by atoms with Crippen LogP contribution in [0, 0.1) is 23.7 Å². The molecule has 0 radical (unpaired) electrons. The quantitative estimate of drug-likeness (QED) is 0.375. The molecular formula is C32H44N2P2. The Morgan fingerprint density at radius 3 is 2.14 bits per heavy atom. The summed E-state index contributed by atoms with van der Waals surface area (Å²) in [4.78, 5) is 0. The molecule has 6 fully saturated rings. The van der Waals surface area contributed by atoms with E-state index in [9.17, 15) is 0 Å². The van der Waals surface area contributed by atoms with Crippen molar-refractivity contribution in [2.24, 2.45) is 23.7 Å². The van der Waals surface area contributed by atoms with E-state index < -0.39 is 0 Å². The van der Waals surface area contributed by atoms with Crippen molar-refractivity contribution in [2.45, 2.75) is 80.9 Å². The topological polar surface area (TPSA) is 24.1 Å². The van der Waals surface area contributed by atoms with Crippen LogP contribution < -0.4 is 10.6 Å². The van der Waals surface area contributed by atoms with Gasteiger partial charge in [0.15, 0.2) is 0 Å². The summed E-state index contributed by atoms with van der Waals surface area (Å²) in [6.07, 6.45) is 15.5. The van der Waals surface area contributed by atoms with Gasteiger partial charge in [-0.15, -0.1) is 9.24 Å². The minimum atomic E-state index is -0.124. The van der Waals surface area contributed by atoms with Crippen LogP contribution in [0.1, 0.15) is 68.9 Å². The van der Waals surface area contributed by atoms with E-state index in [2.05, 4.69) is 68.4 Å². The zero-order valence-corrected chi connectivity index (χ0v) is 23.8. The highest BCUT2D eigenvalue weighted by Gasteiger charge is 2.57. The van der Waals surface area contributed by atoms with Crippen molar-refractivity contribution in [3.63, 3.8) is 0 Å². The third-order valence-electron chi connectivity index (χ3n) is 10.7. The summed E-state index contributed by atoms with van der Waals surface area (Å²) >= 11 is 0. The summed E-state index contributed by atoms with van der Waals surface area (Å²) in [5.74, 6) is 5.25. The molecule has 36 heavy (non-hydrogen) atoms. The number of rotatable bonds is 7. The molecule has 2 N–H and O–H groups in total. The van der Waals surface area contributed by atoms with Crippen molar-refractivity contribution in [3.8, 4) is 11.1 Å². The highest BCUT2D eigenvalue weighted by Crippen LogP contribution is 2.65. The van der Waals surface area contributed by atoms with Gasteiger partial charge in [-0.3, -0.25) is 0 Å². The van der Waals surface area contributed by atoms with E-state index >= 15 is 0 Å². The van der Waals surface area contributed by atoms with Crippen LogP contribution in [-0.2, 0) is 11.6 Å². The molecule has 2 heterocycles. The third kappa shape index (κ3) is 4.24. The van der Waals surface area contributed by atoms with Gasteiger partial charge in [0.1, 0.15) is 0 Å². The molecule has 2 nitrogen and oxygen atoms in total. The maximum atomic E-state index is 3.96. The molecule has 6 atom stereocenters. The van der Waals surface area contributed by atoms with Crippen molar-refractivity contribution in [2.75, 3.05) is 19.3 Å². The molecule has 8 rings (SSSR count). The van der Waals surface area contributed by atoms with E-state index in [4.69, 9.17) is 0 Å². The number of hydrogen-bond acceptors (Lipinski definition) is 2. The fraction of sp³-hybridized carbons (Fsp3) is 0.625. The molecular weight excluding hydrogens is 474 g/mol. The fourth-order valence-corrected chi connectivity index (χ4v) is 13.7. The van der Waals surface area contributed by atoms with Gasteiger partial charge in [0.05, 0.1) is 0 Å². The standard InChI is InChI=1S/C32H44N2P2/c35-20-29-26-15-22-14-23(16-26)19-32(29,18-22)28-11-10-25(24-6-2-1-3-7-24)17-27(28)21-36(30-8-4-12-33-30)31-9-5-13-34-31/h1-3,6-7,10-11,17,22-23,26,29-31,33-34H,4-5,8-9,12-16,18-21,35H2. The molecule has 192 valence electrons. The number of benzene rings is 2. The molecule has 2 aliphatic heterocycles. The number of nitrogens with one attached hydrogen (secondary N) is 2. The highest BCUT2D eigenvalue weighted by atomic mass is 31.1. The Morgan fingerprint density at radius 2 is 1.53 bits per heavy atom. The molecule has 0 spiro atoms. The van der Waals surface area contributed by atoms with E-state index in [1.807, 2.05) is 0 Å². The maximum absolute atomic E-state index is 3.96. The second-order valence-corrected chi connectivity index (χ2v) is 15.8.